The van der Waals surface area contributed by atoms with Gasteiger partial charge in [0.15, 0.2) is 0 Å². The minimum Gasteiger partial charge on any atom is -0.311 e. The van der Waals surface area contributed by atoms with E-state index >= 15 is 0 Å². The van der Waals surface area contributed by atoms with Gasteiger partial charge in [-0.05, 0) is 46.0 Å². The molecule has 0 amide bonds. The fourth-order valence-corrected chi connectivity index (χ4v) is 2.10. The Balaban J connectivity index is 2.14. The normalized spacial score (nSPS) is 12.9. The Kier molecular flexibility index (Phi) is 4.32. The Morgan fingerprint density at radius 2 is 2.05 bits per heavy atom. The smallest absolute Gasteiger partial charge is 0.0644 e. The lowest BCUT2D eigenvalue weighted by Gasteiger charge is -2.15. The Hall–Kier alpha value is -1.68. The standard InChI is InChI=1S/C15H22N4/c1-11(2)19-9-8-13(18-19)10-15(16-4)14-7-5-6-12(3)17-14/h5-9,11,15-16H,10H2,1-4H3. The van der Waals surface area contributed by atoms with E-state index in [1.807, 2.05) is 30.9 Å². The van der Waals surface area contributed by atoms with E-state index in [-0.39, 0.29) is 6.04 Å². The van der Waals surface area contributed by atoms with E-state index in [1.54, 1.807) is 0 Å². The van der Waals surface area contributed by atoms with E-state index in [9.17, 15) is 0 Å². The number of nitrogens with one attached hydrogen (secondary N) is 1. The van der Waals surface area contributed by atoms with Crippen molar-refractivity contribution in [2.45, 2.75) is 39.3 Å². The topological polar surface area (TPSA) is 42.7 Å². The number of hydrogen-bond acceptors (Lipinski definition) is 3. The van der Waals surface area contributed by atoms with Gasteiger partial charge in [-0.25, -0.2) is 0 Å². The summed E-state index contributed by atoms with van der Waals surface area (Å²) >= 11 is 0. The third kappa shape index (κ3) is 3.41. The van der Waals surface area contributed by atoms with Gasteiger partial charge in [0.1, 0.15) is 0 Å². The molecule has 0 spiro atoms. The lowest BCUT2D eigenvalue weighted by Crippen LogP contribution is -2.20. The van der Waals surface area contributed by atoms with Crippen molar-refractivity contribution in [2.24, 2.45) is 0 Å². The molecule has 0 saturated carbocycles. The van der Waals surface area contributed by atoms with Gasteiger partial charge in [-0.1, -0.05) is 6.07 Å². The molecule has 0 aromatic carbocycles. The van der Waals surface area contributed by atoms with Crippen molar-refractivity contribution >= 4 is 0 Å². The number of aromatic nitrogens is 3. The second kappa shape index (κ2) is 5.97. The van der Waals surface area contributed by atoms with Crippen LogP contribution < -0.4 is 5.32 Å². The van der Waals surface area contributed by atoms with Crippen molar-refractivity contribution in [1.29, 1.82) is 0 Å². The molecule has 0 saturated heterocycles. The fraction of sp³-hybridized carbons (Fsp3) is 0.467. The summed E-state index contributed by atoms with van der Waals surface area (Å²) in [5.41, 5.74) is 3.21. The number of aryl methyl sites for hydroxylation is 1. The van der Waals surface area contributed by atoms with Gasteiger partial charge in [-0.15, -0.1) is 0 Å². The Morgan fingerprint density at radius 1 is 1.26 bits per heavy atom. The van der Waals surface area contributed by atoms with Crippen LogP contribution in [-0.2, 0) is 6.42 Å². The summed E-state index contributed by atoms with van der Waals surface area (Å²) in [7, 11) is 1.97. The molecule has 1 N–H and O–H groups in total. The number of likely N-dealkylation sites (N-methyl/N-ethyl adjacent to an activating group) is 1. The summed E-state index contributed by atoms with van der Waals surface area (Å²) < 4.78 is 1.99. The van der Waals surface area contributed by atoms with E-state index in [0.29, 0.717) is 6.04 Å². The summed E-state index contributed by atoms with van der Waals surface area (Å²) in [6, 6.07) is 8.82. The first kappa shape index (κ1) is 13.7. The van der Waals surface area contributed by atoms with Gasteiger partial charge < -0.3 is 5.32 Å². The summed E-state index contributed by atoms with van der Waals surface area (Å²) in [6.45, 7) is 6.28. The molecule has 2 rings (SSSR count). The van der Waals surface area contributed by atoms with Crippen LogP contribution in [-0.4, -0.2) is 21.8 Å². The molecule has 1 atom stereocenters. The van der Waals surface area contributed by atoms with E-state index < -0.39 is 0 Å². The fourth-order valence-electron chi connectivity index (χ4n) is 2.10. The third-order valence-electron chi connectivity index (χ3n) is 3.22. The van der Waals surface area contributed by atoms with Crippen LogP contribution in [0, 0.1) is 6.92 Å². The molecular formula is C15H22N4. The lowest BCUT2D eigenvalue weighted by molar-refractivity contribution is 0.512. The van der Waals surface area contributed by atoms with E-state index in [0.717, 1.165) is 23.5 Å². The minimum absolute atomic E-state index is 0.204. The minimum atomic E-state index is 0.204. The Labute approximate surface area is 114 Å². The maximum Gasteiger partial charge on any atom is 0.0644 e. The van der Waals surface area contributed by atoms with Crippen LogP contribution in [0.1, 0.15) is 43.0 Å². The van der Waals surface area contributed by atoms with E-state index in [2.05, 4.69) is 47.4 Å². The van der Waals surface area contributed by atoms with Crippen LogP contribution in [0.15, 0.2) is 30.5 Å². The molecule has 0 fully saturated rings. The van der Waals surface area contributed by atoms with Crippen LogP contribution in [0.25, 0.3) is 0 Å². The highest BCUT2D eigenvalue weighted by atomic mass is 15.3. The van der Waals surface area contributed by atoms with Gasteiger partial charge >= 0.3 is 0 Å². The first-order valence-corrected chi connectivity index (χ1v) is 6.75. The predicted octanol–water partition coefficient (Wildman–Crippen LogP) is 2.67. The SMILES string of the molecule is CNC(Cc1ccn(C(C)C)n1)c1cccc(C)n1. The van der Waals surface area contributed by atoms with Crippen LogP contribution in [0.4, 0.5) is 0 Å². The molecule has 0 radical (unpaired) electrons. The molecule has 0 bridgehead atoms. The molecule has 2 aromatic rings. The highest BCUT2D eigenvalue weighted by molar-refractivity contribution is 5.16. The van der Waals surface area contributed by atoms with Gasteiger partial charge in [-0.3, -0.25) is 9.67 Å². The number of rotatable bonds is 5. The van der Waals surface area contributed by atoms with Crippen molar-refractivity contribution in [3.05, 3.63) is 47.5 Å². The number of pyridine rings is 1. The monoisotopic (exact) mass is 258 g/mol. The molecule has 19 heavy (non-hydrogen) atoms. The van der Waals surface area contributed by atoms with Gasteiger partial charge in [-0.2, -0.15) is 5.10 Å². The molecule has 0 aliphatic rings. The average molecular weight is 258 g/mol. The second-order valence-corrected chi connectivity index (χ2v) is 5.13. The van der Waals surface area contributed by atoms with Crippen LogP contribution in [0.2, 0.25) is 0 Å². The van der Waals surface area contributed by atoms with Crippen LogP contribution in [0.5, 0.6) is 0 Å². The van der Waals surface area contributed by atoms with Gasteiger partial charge in [0.05, 0.1) is 17.4 Å². The van der Waals surface area contributed by atoms with E-state index in [1.165, 1.54) is 0 Å². The van der Waals surface area contributed by atoms with Crippen molar-refractivity contribution in [1.82, 2.24) is 20.1 Å². The van der Waals surface area contributed by atoms with Crippen molar-refractivity contribution < 1.29 is 0 Å². The highest BCUT2D eigenvalue weighted by Gasteiger charge is 2.13. The second-order valence-electron chi connectivity index (χ2n) is 5.13. The number of hydrogen-bond donors (Lipinski definition) is 1. The molecule has 2 heterocycles. The number of nitrogens with zero attached hydrogens (tertiary/aromatic N) is 3. The van der Waals surface area contributed by atoms with E-state index in [4.69, 9.17) is 0 Å². The largest absolute Gasteiger partial charge is 0.311 e. The highest BCUT2D eigenvalue weighted by Crippen LogP contribution is 2.16. The van der Waals surface area contributed by atoms with Crippen molar-refractivity contribution in [2.75, 3.05) is 7.05 Å². The molecule has 0 aliphatic heterocycles. The molecular weight excluding hydrogens is 236 g/mol. The van der Waals surface area contributed by atoms with Crippen molar-refractivity contribution in [3.63, 3.8) is 0 Å². The van der Waals surface area contributed by atoms with Gasteiger partial charge in [0, 0.05) is 24.4 Å². The summed E-state index contributed by atoms with van der Waals surface area (Å²) in [5, 5.41) is 7.92. The van der Waals surface area contributed by atoms with Crippen LogP contribution >= 0.6 is 0 Å². The zero-order valence-electron chi connectivity index (χ0n) is 12.1. The van der Waals surface area contributed by atoms with Crippen molar-refractivity contribution in [3.8, 4) is 0 Å². The zero-order valence-corrected chi connectivity index (χ0v) is 12.1. The van der Waals surface area contributed by atoms with Crippen LogP contribution in [0.3, 0.4) is 0 Å². The maximum atomic E-state index is 4.59. The lowest BCUT2D eigenvalue weighted by atomic mass is 10.1. The molecule has 102 valence electrons. The zero-order chi connectivity index (χ0) is 13.8. The first-order chi connectivity index (χ1) is 9.10. The van der Waals surface area contributed by atoms with Gasteiger partial charge in [0.2, 0.25) is 0 Å². The quantitative estimate of drug-likeness (QED) is 0.896. The maximum absolute atomic E-state index is 4.59. The molecule has 4 nitrogen and oxygen atoms in total. The summed E-state index contributed by atoms with van der Waals surface area (Å²) in [4.78, 5) is 4.59. The average Bonchev–Trinajstić information content (AvgIpc) is 2.84. The summed E-state index contributed by atoms with van der Waals surface area (Å²) in [5.74, 6) is 0. The first-order valence-electron chi connectivity index (χ1n) is 6.75. The Morgan fingerprint density at radius 3 is 2.63 bits per heavy atom. The Bertz CT molecular complexity index is 530. The predicted molar refractivity (Wildman–Crippen MR) is 77.1 cm³/mol. The molecule has 2 aromatic heterocycles. The summed E-state index contributed by atoms with van der Waals surface area (Å²) in [6.07, 6.45) is 2.89. The molecule has 1 unspecified atom stereocenters. The molecule has 0 aliphatic carbocycles. The third-order valence-corrected chi connectivity index (χ3v) is 3.22. The molecule has 4 heteroatoms. The van der Waals surface area contributed by atoms with Gasteiger partial charge in [0.25, 0.3) is 0 Å².